The van der Waals surface area contributed by atoms with Crippen molar-refractivity contribution in [3.8, 4) is 0 Å². The molecule has 1 aromatic heterocycles. The second kappa shape index (κ2) is 6.91. The summed E-state index contributed by atoms with van der Waals surface area (Å²) >= 11 is 0. The van der Waals surface area contributed by atoms with Crippen molar-refractivity contribution < 1.29 is 23.5 Å². The maximum atomic E-state index is 12.6. The highest BCUT2D eigenvalue weighted by Crippen LogP contribution is 2.28. The van der Waals surface area contributed by atoms with Gasteiger partial charge in [0.2, 0.25) is 0 Å². The van der Waals surface area contributed by atoms with E-state index in [0.29, 0.717) is 16.5 Å². The minimum atomic E-state index is -0.667. The van der Waals surface area contributed by atoms with E-state index in [9.17, 15) is 19.2 Å². The van der Waals surface area contributed by atoms with Crippen LogP contribution in [0.3, 0.4) is 0 Å². The van der Waals surface area contributed by atoms with E-state index in [1.165, 1.54) is 31.3 Å². The average molecular weight is 413 g/mol. The standard InChI is InChI=1S/C24H15NO6/c1-25-22(27)17-8-6-14(10-18(17)23(25)28)24(29)30-12-15-11-20(26)31-19-9-7-13-4-2-3-5-16(13)21(15)19/h2-11H,12H2,1H3. The van der Waals surface area contributed by atoms with Gasteiger partial charge < -0.3 is 9.15 Å². The summed E-state index contributed by atoms with van der Waals surface area (Å²) in [7, 11) is 1.39. The number of carbonyl (C=O) groups is 3. The van der Waals surface area contributed by atoms with Crippen molar-refractivity contribution in [3.63, 3.8) is 0 Å². The van der Waals surface area contributed by atoms with Crippen LogP contribution in [0, 0.1) is 0 Å². The number of esters is 1. The molecule has 0 bridgehead atoms. The number of carbonyl (C=O) groups excluding carboxylic acids is 3. The van der Waals surface area contributed by atoms with E-state index in [2.05, 4.69) is 0 Å². The fourth-order valence-electron chi connectivity index (χ4n) is 3.85. The summed E-state index contributed by atoms with van der Waals surface area (Å²) in [5.74, 6) is -1.54. The Morgan fingerprint density at radius 2 is 1.71 bits per heavy atom. The molecule has 0 spiro atoms. The number of rotatable bonds is 3. The van der Waals surface area contributed by atoms with Crippen molar-refractivity contribution in [3.05, 3.63) is 93.3 Å². The molecular weight excluding hydrogens is 398 g/mol. The van der Waals surface area contributed by atoms with Crippen molar-refractivity contribution in [1.82, 2.24) is 4.90 Å². The summed E-state index contributed by atoms with van der Waals surface area (Å²) in [6.45, 7) is -0.154. The van der Waals surface area contributed by atoms with Crippen molar-refractivity contribution in [2.24, 2.45) is 0 Å². The van der Waals surface area contributed by atoms with E-state index in [-0.39, 0.29) is 23.3 Å². The first-order chi connectivity index (χ1) is 14.9. The third-order valence-electron chi connectivity index (χ3n) is 5.40. The fraction of sp³-hybridized carbons (Fsp3) is 0.0833. The van der Waals surface area contributed by atoms with Gasteiger partial charge in [-0.25, -0.2) is 9.59 Å². The molecule has 1 aliphatic heterocycles. The zero-order valence-electron chi connectivity index (χ0n) is 16.4. The molecule has 31 heavy (non-hydrogen) atoms. The molecule has 0 N–H and O–H groups in total. The molecule has 0 radical (unpaired) electrons. The smallest absolute Gasteiger partial charge is 0.338 e. The fourth-order valence-corrected chi connectivity index (χ4v) is 3.85. The second-order valence-electron chi connectivity index (χ2n) is 7.26. The normalized spacial score (nSPS) is 13.1. The second-order valence-corrected chi connectivity index (χ2v) is 7.26. The van der Waals surface area contributed by atoms with Gasteiger partial charge in [0.1, 0.15) is 12.2 Å². The summed E-state index contributed by atoms with van der Waals surface area (Å²) in [4.78, 5) is 49.8. The molecule has 0 unspecified atom stereocenters. The van der Waals surface area contributed by atoms with Gasteiger partial charge in [0.15, 0.2) is 0 Å². The lowest BCUT2D eigenvalue weighted by molar-refractivity contribution is 0.0473. The molecule has 7 nitrogen and oxygen atoms in total. The van der Waals surface area contributed by atoms with Crippen LogP contribution in [-0.4, -0.2) is 29.7 Å². The summed E-state index contributed by atoms with van der Waals surface area (Å²) < 4.78 is 10.8. The van der Waals surface area contributed by atoms with Gasteiger partial charge in [0.05, 0.1) is 16.7 Å². The lowest BCUT2D eigenvalue weighted by atomic mass is 10.0. The van der Waals surface area contributed by atoms with E-state index in [0.717, 1.165) is 15.7 Å². The van der Waals surface area contributed by atoms with Crippen LogP contribution in [0.2, 0.25) is 0 Å². The van der Waals surface area contributed by atoms with E-state index in [1.807, 2.05) is 30.3 Å². The van der Waals surface area contributed by atoms with Crippen LogP contribution in [0.5, 0.6) is 0 Å². The minimum Gasteiger partial charge on any atom is -0.457 e. The van der Waals surface area contributed by atoms with Gasteiger partial charge in [0.25, 0.3) is 11.8 Å². The van der Waals surface area contributed by atoms with E-state index in [1.54, 1.807) is 6.07 Å². The van der Waals surface area contributed by atoms with Crippen molar-refractivity contribution in [2.75, 3.05) is 7.05 Å². The van der Waals surface area contributed by atoms with Gasteiger partial charge in [0, 0.05) is 24.1 Å². The van der Waals surface area contributed by atoms with Crippen molar-refractivity contribution in [1.29, 1.82) is 0 Å². The van der Waals surface area contributed by atoms with Gasteiger partial charge in [-0.2, -0.15) is 0 Å². The van der Waals surface area contributed by atoms with Crippen LogP contribution in [0.4, 0.5) is 0 Å². The number of benzene rings is 3. The Balaban J connectivity index is 1.49. The minimum absolute atomic E-state index is 0.146. The van der Waals surface area contributed by atoms with E-state index in [4.69, 9.17) is 9.15 Å². The molecule has 152 valence electrons. The predicted octanol–water partition coefficient (Wildman–Crippen LogP) is 3.53. The first kappa shape index (κ1) is 18.7. The lowest BCUT2D eigenvalue weighted by Gasteiger charge is -2.10. The highest BCUT2D eigenvalue weighted by Gasteiger charge is 2.33. The Morgan fingerprint density at radius 3 is 2.55 bits per heavy atom. The Hall–Kier alpha value is -4.26. The summed E-state index contributed by atoms with van der Waals surface area (Å²) in [6, 6.07) is 16.7. The Labute approximate surface area is 175 Å². The number of fused-ring (bicyclic) bond motifs is 4. The van der Waals surface area contributed by atoms with Crippen LogP contribution < -0.4 is 5.63 Å². The molecule has 2 heterocycles. The highest BCUT2D eigenvalue weighted by atomic mass is 16.5. The van der Waals surface area contributed by atoms with E-state index >= 15 is 0 Å². The first-order valence-corrected chi connectivity index (χ1v) is 9.52. The largest absolute Gasteiger partial charge is 0.457 e. The van der Waals surface area contributed by atoms with Crippen LogP contribution in [0.25, 0.3) is 21.7 Å². The van der Waals surface area contributed by atoms with Crippen molar-refractivity contribution in [2.45, 2.75) is 6.61 Å². The molecule has 4 aromatic rings. The maximum absolute atomic E-state index is 12.6. The Kier molecular flexibility index (Phi) is 4.18. The molecule has 0 saturated heterocycles. The quantitative estimate of drug-likeness (QED) is 0.221. The van der Waals surface area contributed by atoms with Crippen molar-refractivity contribution >= 4 is 39.5 Å². The van der Waals surface area contributed by atoms with Crippen LogP contribution >= 0.6 is 0 Å². The number of nitrogens with zero attached hydrogens (tertiary/aromatic N) is 1. The molecule has 7 heteroatoms. The molecule has 3 aromatic carbocycles. The number of ether oxygens (including phenoxy) is 1. The molecule has 0 atom stereocenters. The van der Waals surface area contributed by atoms with Gasteiger partial charge in [-0.1, -0.05) is 30.3 Å². The molecular formula is C24H15NO6. The predicted molar refractivity (Wildman–Crippen MR) is 112 cm³/mol. The van der Waals surface area contributed by atoms with Crippen LogP contribution in [0.15, 0.2) is 69.9 Å². The third kappa shape index (κ3) is 2.98. The SMILES string of the molecule is CN1C(=O)c2ccc(C(=O)OCc3cc(=O)oc4ccc5ccccc5c34)cc2C1=O. The van der Waals surface area contributed by atoms with Gasteiger partial charge in [-0.15, -0.1) is 0 Å². The van der Waals surface area contributed by atoms with Gasteiger partial charge in [-0.3, -0.25) is 14.5 Å². The Morgan fingerprint density at radius 1 is 0.935 bits per heavy atom. The monoisotopic (exact) mass is 413 g/mol. The molecule has 1 aliphatic rings. The van der Waals surface area contributed by atoms with Crippen LogP contribution in [0.1, 0.15) is 36.6 Å². The zero-order valence-corrected chi connectivity index (χ0v) is 16.4. The Bertz CT molecular complexity index is 1480. The van der Waals surface area contributed by atoms with Gasteiger partial charge >= 0.3 is 11.6 Å². The summed E-state index contributed by atoms with van der Waals surface area (Å²) in [6.07, 6.45) is 0. The molecule has 2 amide bonds. The molecule has 5 rings (SSSR count). The molecule has 0 aliphatic carbocycles. The number of imide groups is 1. The summed E-state index contributed by atoms with van der Waals surface area (Å²) in [5, 5.41) is 2.53. The van der Waals surface area contributed by atoms with Crippen LogP contribution in [-0.2, 0) is 11.3 Å². The number of hydrogen-bond donors (Lipinski definition) is 0. The van der Waals surface area contributed by atoms with Gasteiger partial charge in [-0.05, 0) is 35.0 Å². The molecule has 0 saturated carbocycles. The van der Waals surface area contributed by atoms with E-state index < -0.39 is 23.4 Å². The summed E-state index contributed by atoms with van der Waals surface area (Å²) in [5.41, 5.74) is 0.942. The average Bonchev–Trinajstić information content (AvgIpc) is 3.00. The first-order valence-electron chi connectivity index (χ1n) is 9.52. The maximum Gasteiger partial charge on any atom is 0.338 e. The number of amides is 2. The molecule has 0 fully saturated rings. The lowest BCUT2D eigenvalue weighted by Crippen LogP contribution is -2.24. The zero-order chi connectivity index (χ0) is 21.7. The number of hydrogen-bond acceptors (Lipinski definition) is 6. The highest BCUT2D eigenvalue weighted by molar-refractivity contribution is 6.21. The third-order valence-corrected chi connectivity index (χ3v) is 5.40. The topological polar surface area (TPSA) is 93.9 Å².